The van der Waals surface area contributed by atoms with Crippen LogP contribution in [0.2, 0.25) is 4.34 Å². The average molecular weight is 315 g/mol. The third-order valence-corrected chi connectivity index (χ3v) is 3.27. The van der Waals surface area contributed by atoms with E-state index in [0.717, 1.165) is 11.3 Å². The fraction of sp³-hybridized carbons (Fsp3) is 0.100. The molecule has 0 spiro atoms. The molecule has 0 amide bonds. The molecule has 0 aliphatic rings. The SMILES string of the molecule is Fc1c(F)c(F)c(NCc2ncc(Cl)s2)c(F)c1F. The second-order valence-electron chi connectivity index (χ2n) is 3.36. The Hall–Kier alpha value is -1.41. The summed E-state index contributed by atoms with van der Waals surface area (Å²) in [4.78, 5) is 3.77. The van der Waals surface area contributed by atoms with E-state index in [-0.39, 0.29) is 6.54 Å². The number of anilines is 1. The molecule has 0 bridgehead atoms. The lowest BCUT2D eigenvalue weighted by Gasteiger charge is -2.09. The Bertz CT molecular complexity index is 602. The fourth-order valence-corrected chi connectivity index (χ4v) is 2.19. The highest BCUT2D eigenvalue weighted by molar-refractivity contribution is 7.15. The first kappa shape index (κ1) is 14.0. The van der Waals surface area contributed by atoms with E-state index in [2.05, 4.69) is 10.3 Å². The molecule has 1 aromatic carbocycles. The zero-order chi connectivity index (χ0) is 14.2. The van der Waals surface area contributed by atoms with Crippen LogP contribution in [-0.2, 0) is 6.54 Å². The van der Waals surface area contributed by atoms with Gasteiger partial charge in [0.1, 0.15) is 15.0 Å². The van der Waals surface area contributed by atoms with Crippen molar-refractivity contribution in [2.75, 3.05) is 5.32 Å². The van der Waals surface area contributed by atoms with Crippen molar-refractivity contribution >= 4 is 28.6 Å². The van der Waals surface area contributed by atoms with E-state index in [9.17, 15) is 22.0 Å². The van der Waals surface area contributed by atoms with E-state index >= 15 is 0 Å². The van der Waals surface area contributed by atoms with Gasteiger partial charge in [-0.15, -0.1) is 11.3 Å². The zero-order valence-corrected chi connectivity index (χ0v) is 10.5. The van der Waals surface area contributed by atoms with Crippen LogP contribution in [0.15, 0.2) is 6.20 Å². The van der Waals surface area contributed by atoms with E-state index in [0.29, 0.717) is 9.34 Å². The summed E-state index contributed by atoms with van der Waals surface area (Å²) in [5, 5.41) is 2.45. The highest BCUT2D eigenvalue weighted by Crippen LogP contribution is 2.28. The molecule has 102 valence electrons. The molecule has 1 heterocycles. The Kier molecular flexibility index (Phi) is 3.91. The lowest BCUT2D eigenvalue weighted by atomic mass is 10.2. The molecule has 0 fully saturated rings. The molecule has 1 aromatic heterocycles. The summed E-state index contributed by atoms with van der Waals surface area (Å²) in [5.41, 5.74) is -1.09. The molecule has 2 rings (SSSR count). The van der Waals surface area contributed by atoms with Crippen molar-refractivity contribution in [3.63, 3.8) is 0 Å². The fourth-order valence-electron chi connectivity index (χ4n) is 1.29. The Morgan fingerprint density at radius 3 is 2.00 bits per heavy atom. The number of benzene rings is 1. The molecule has 0 radical (unpaired) electrons. The Morgan fingerprint density at radius 1 is 1.00 bits per heavy atom. The highest BCUT2D eigenvalue weighted by atomic mass is 35.5. The Morgan fingerprint density at radius 2 is 1.53 bits per heavy atom. The van der Waals surface area contributed by atoms with E-state index < -0.39 is 34.8 Å². The zero-order valence-electron chi connectivity index (χ0n) is 8.91. The van der Waals surface area contributed by atoms with Crippen molar-refractivity contribution in [3.8, 4) is 0 Å². The molecule has 9 heteroatoms. The molecule has 0 aliphatic heterocycles. The Balaban J connectivity index is 2.30. The van der Waals surface area contributed by atoms with Crippen molar-refractivity contribution in [2.45, 2.75) is 6.54 Å². The molecule has 19 heavy (non-hydrogen) atoms. The maximum Gasteiger partial charge on any atom is 0.200 e. The third kappa shape index (κ3) is 2.64. The van der Waals surface area contributed by atoms with Crippen molar-refractivity contribution in [1.82, 2.24) is 4.98 Å². The predicted molar refractivity (Wildman–Crippen MR) is 60.7 cm³/mol. The Labute approximate surface area is 112 Å². The molecule has 0 saturated carbocycles. The van der Waals surface area contributed by atoms with Gasteiger partial charge in [0.25, 0.3) is 0 Å². The average Bonchev–Trinajstić information content (AvgIpc) is 2.80. The van der Waals surface area contributed by atoms with E-state index in [1.807, 2.05) is 0 Å². The number of nitrogens with zero attached hydrogens (tertiary/aromatic N) is 1. The van der Waals surface area contributed by atoms with Gasteiger partial charge in [-0.2, -0.15) is 0 Å². The molecule has 0 aliphatic carbocycles. The summed E-state index contributed by atoms with van der Waals surface area (Å²) in [6.45, 7) is -0.213. The van der Waals surface area contributed by atoms with Crippen molar-refractivity contribution in [1.29, 1.82) is 0 Å². The van der Waals surface area contributed by atoms with Crippen molar-refractivity contribution in [2.24, 2.45) is 0 Å². The second kappa shape index (κ2) is 5.30. The van der Waals surface area contributed by atoms with Crippen LogP contribution < -0.4 is 5.32 Å². The monoisotopic (exact) mass is 314 g/mol. The van der Waals surface area contributed by atoms with Gasteiger partial charge in [-0.25, -0.2) is 26.9 Å². The summed E-state index contributed by atoms with van der Waals surface area (Å²) in [5.74, 6) is -10.0. The number of aromatic nitrogens is 1. The lowest BCUT2D eigenvalue weighted by Crippen LogP contribution is -2.09. The van der Waals surface area contributed by atoms with Gasteiger partial charge in [0, 0.05) is 0 Å². The molecule has 0 saturated heterocycles. The van der Waals surface area contributed by atoms with Gasteiger partial charge in [0.2, 0.25) is 5.82 Å². The minimum Gasteiger partial charge on any atom is -0.374 e. The predicted octanol–water partition coefficient (Wildman–Crippen LogP) is 4.10. The van der Waals surface area contributed by atoms with Crippen LogP contribution in [-0.4, -0.2) is 4.98 Å². The number of thiazole rings is 1. The van der Waals surface area contributed by atoms with Crippen molar-refractivity contribution in [3.05, 3.63) is 44.6 Å². The maximum atomic E-state index is 13.3. The molecule has 2 nitrogen and oxygen atoms in total. The molecular weight excluding hydrogens is 311 g/mol. The topological polar surface area (TPSA) is 24.9 Å². The van der Waals surface area contributed by atoms with E-state index in [1.54, 1.807) is 0 Å². The van der Waals surface area contributed by atoms with Crippen LogP contribution in [0.25, 0.3) is 0 Å². The number of halogens is 6. The quantitative estimate of drug-likeness (QED) is 0.524. The largest absolute Gasteiger partial charge is 0.374 e. The van der Waals surface area contributed by atoms with Gasteiger partial charge in [0.05, 0.1) is 12.7 Å². The second-order valence-corrected chi connectivity index (χ2v) is 5.10. The molecular formula is C10H4ClF5N2S. The minimum atomic E-state index is -2.20. The first-order chi connectivity index (χ1) is 8.91. The minimum absolute atomic E-state index is 0.213. The van der Waals surface area contributed by atoms with E-state index in [1.165, 1.54) is 6.20 Å². The highest BCUT2D eigenvalue weighted by Gasteiger charge is 2.25. The van der Waals surface area contributed by atoms with E-state index in [4.69, 9.17) is 11.6 Å². The van der Waals surface area contributed by atoms with Gasteiger partial charge in [0.15, 0.2) is 23.3 Å². The lowest BCUT2D eigenvalue weighted by molar-refractivity contribution is 0.381. The molecule has 1 N–H and O–H groups in total. The van der Waals surface area contributed by atoms with Crippen molar-refractivity contribution < 1.29 is 22.0 Å². The first-order valence-electron chi connectivity index (χ1n) is 4.77. The number of hydrogen-bond acceptors (Lipinski definition) is 3. The van der Waals surface area contributed by atoms with Crippen LogP contribution in [0.1, 0.15) is 5.01 Å². The summed E-state index contributed by atoms with van der Waals surface area (Å²) < 4.78 is 65.5. The molecule has 0 unspecified atom stereocenters. The van der Waals surface area contributed by atoms with Gasteiger partial charge in [-0.1, -0.05) is 11.6 Å². The summed E-state index contributed by atoms with van der Waals surface area (Å²) in [7, 11) is 0. The third-order valence-electron chi connectivity index (χ3n) is 2.15. The number of nitrogens with one attached hydrogen (secondary N) is 1. The van der Waals surface area contributed by atoms with Gasteiger partial charge in [-0.05, 0) is 0 Å². The van der Waals surface area contributed by atoms with Crippen LogP contribution in [0.4, 0.5) is 27.6 Å². The summed E-state index contributed by atoms with van der Waals surface area (Å²) in [6.07, 6.45) is 1.31. The summed E-state index contributed by atoms with van der Waals surface area (Å²) in [6, 6.07) is 0. The normalized spacial score (nSPS) is 10.8. The maximum absolute atomic E-state index is 13.3. The van der Waals surface area contributed by atoms with Crippen LogP contribution in [0.5, 0.6) is 0 Å². The first-order valence-corrected chi connectivity index (χ1v) is 5.96. The standard InChI is InChI=1S/C10H4ClF5N2S/c11-3-1-17-4(19-3)2-18-10-8(15)6(13)5(12)7(14)9(10)16/h1,18H,2H2. The smallest absolute Gasteiger partial charge is 0.200 e. The number of hydrogen-bond donors (Lipinski definition) is 1. The van der Waals surface area contributed by atoms with Crippen LogP contribution in [0, 0.1) is 29.1 Å². The molecule has 0 atom stereocenters. The van der Waals surface area contributed by atoms with Crippen LogP contribution >= 0.6 is 22.9 Å². The van der Waals surface area contributed by atoms with Gasteiger partial charge < -0.3 is 5.32 Å². The van der Waals surface area contributed by atoms with Gasteiger partial charge in [-0.3, -0.25) is 0 Å². The molecule has 2 aromatic rings. The summed E-state index contributed by atoms with van der Waals surface area (Å²) >= 11 is 6.60. The van der Waals surface area contributed by atoms with Crippen LogP contribution in [0.3, 0.4) is 0 Å². The number of rotatable bonds is 3. The van der Waals surface area contributed by atoms with Gasteiger partial charge >= 0.3 is 0 Å².